The Kier molecular flexibility index (Phi) is 5.13. The summed E-state index contributed by atoms with van der Waals surface area (Å²) in [6.07, 6.45) is 1.46. The van der Waals surface area contributed by atoms with Crippen molar-refractivity contribution >= 4 is 50.4 Å². The van der Waals surface area contributed by atoms with Crippen LogP contribution in [0.1, 0.15) is 32.0 Å². The van der Waals surface area contributed by atoms with E-state index in [1.54, 1.807) is 0 Å². The van der Waals surface area contributed by atoms with Crippen LogP contribution in [0.4, 0.5) is 10.1 Å². The Morgan fingerprint density at radius 2 is 2.04 bits per heavy atom. The predicted octanol–water partition coefficient (Wildman–Crippen LogP) is 3.65. The lowest BCUT2D eigenvalue weighted by Crippen LogP contribution is -2.19. The quantitative estimate of drug-likeness (QED) is 0.391. The molecule has 1 saturated heterocycles. The molecule has 3 N–H and O–H groups in total. The highest BCUT2D eigenvalue weighted by Crippen LogP contribution is 2.40. The van der Waals surface area contributed by atoms with Crippen LogP contribution in [0.15, 0.2) is 28.1 Å². The lowest BCUT2D eigenvalue weighted by atomic mass is 9.93. The van der Waals surface area contributed by atoms with Crippen LogP contribution in [0.25, 0.3) is 6.08 Å². The summed E-state index contributed by atoms with van der Waals surface area (Å²) < 4.78 is 0. The van der Waals surface area contributed by atoms with Crippen molar-refractivity contribution in [2.45, 2.75) is 26.2 Å². The number of aliphatic imine (C=N–C) groups is 1. The Labute approximate surface area is 168 Å². The van der Waals surface area contributed by atoms with Gasteiger partial charge in [0.25, 0.3) is 5.91 Å². The number of nitro groups is 1. The van der Waals surface area contributed by atoms with Crippen molar-refractivity contribution in [3.8, 4) is 11.5 Å². The van der Waals surface area contributed by atoms with Crippen molar-refractivity contribution in [2.24, 2.45) is 4.99 Å². The highest BCUT2D eigenvalue weighted by Gasteiger charge is 2.31. The van der Waals surface area contributed by atoms with Gasteiger partial charge in [0.15, 0.2) is 5.17 Å². The van der Waals surface area contributed by atoms with E-state index in [2.05, 4.69) is 15.3 Å². The van der Waals surface area contributed by atoms with Gasteiger partial charge < -0.3 is 15.5 Å². The molecule has 28 heavy (non-hydrogen) atoms. The molecule has 0 radical (unpaired) electrons. The normalized spacial score (nSPS) is 17.3. The van der Waals surface area contributed by atoms with Crippen molar-refractivity contribution in [2.75, 3.05) is 0 Å². The third-order valence-electron chi connectivity index (χ3n) is 3.62. The molecule has 0 aliphatic carbocycles. The highest BCUT2D eigenvalue weighted by atomic mass is 32.2. The first-order valence-electron chi connectivity index (χ1n) is 8.02. The number of thiazole rings is 1. The number of rotatable bonds is 3. The number of carbonyl (C=O) groups excluding carboxylic acids is 1. The smallest absolute Gasteiger partial charge is 0.349 e. The zero-order valence-electron chi connectivity index (χ0n) is 15.1. The minimum absolute atomic E-state index is 0.0778. The maximum absolute atomic E-state index is 12.2. The van der Waals surface area contributed by atoms with Gasteiger partial charge in [-0.2, -0.15) is 4.99 Å². The fraction of sp³-hybridized carbons (Fsp3) is 0.235. The Morgan fingerprint density at radius 3 is 2.61 bits per heavy atom. The van der Waals surface area contributed by atoms with Crippen LogP contribution in [0.3, 0.4) is 0 Å². The maximum atomic E-state index is 12.2. The van der Waals surface area contributed by atoms with Gasteiger partial charge in [-0.05, 0) is 41.3 Å². The number of amidine groups is 1. The minimum Gasteiger partial charge on any atom is -0.508 e. The van der Waals surface area contributed by atoms with E-state index in [0.717, 1.165) is 23.1 Å². The minimum atomic E-state index is -0.523. The van der Waals surface area contributed by atoms with Gasteiger partial charge in [-0.25, -0.2) is 4.98 Å². The number of phenols is 2. The Morgan fingerprint density at radius 1 is 1.32 bits per heavy atom. The van der Waals surface area contributed by atoms with Gasteiger partial charge in [0.05, 0.1) is 9.83 Å². The molecule has 2 aromatic rings. The van der Waals surface area contributed by atoms with Gasteiger partial charge >= 0.3 is 5.00 Å². The van der Waals surface area contributed by atoms with Gasteiger partial charge in [-0.3, -0.25) is 14.9 Å². The van der Waals surface area contributed by atoms with Crippen LogP contribution in [0.2, 0.25) is 0 Å². The summed E-state index contributed by atoms with van der Waals surface area (Å²) in [6, 6.07) is 4.03. The second-order valence-electron chi connectivity index (χ2n) is 6.88. The molecule has 0 bridgehead atoms. The third-order valence-corrected chi connectivity index (χ3v) is 5.43. The number of aromatic nitrogens is 1. The monoisotopic (exact) mass is 420 g/mol. The molecular weight excluding hydrogens is 404 g/mol. The molecule has 11 heteroatoms. The van der Waals surface area contributed by atoms with E-state index in [9.17, 15) is 25.1 Å². The lowest BCUT2D eigenvalue weighted by molar-refractivity contribution is -0.381. The molecule has 1 aliphatic rings. The molecule has 0 unspecified atom stereocenters. The van der Waals surface area contributed by atoms with Gasteiger partial charge in [0.1, 0.15) is 17.2 Å². The number of phenolic OH excluding ortho intramolecular Hbond substituents is 2. The van der Waals surface area contributed by atoms with Crippen LogP contribution < -0.4 is 5.32 Å². The van der Waals surface area contributed by atoms with E-state index in [1.807, 2.05) is 20.8 Å². The molecule has 1 fully saturated rings. The number of hydrogen-bond acceptors (Lipinski definition) is 9. The standard InChI is InChI=1S/C17H16N4O5S2/c1-17(2,3)12-14(21(25)26)28-15(18-12)20-16-19-13(24)11(27-16)6-8-4-5-9(22)7-10(8)23/h4-7,22-23H,1-3H3,(H,18,19,20,24). The zero-order valence-corrected chi connectivity index (χ0v) is 16.7. The molecule has 1 amide bonds. The molecule has 2 heterocycles. The van der Waals surface area contributed by atoms with Crippen molar-refractivity contribution in [1.29, 1.82) is 0 Å². The SMILES string of the molecule is CC(C)(C)c1nc(N=C2NC(=O)C(=Cc3ccc(O)cc3O)S2)sc1[N+](=O)[O-]. The third kappa shape index (κ3) is 4.15. The van der Waals surface area contributed by atoms with E-state index >= 15 is 0 Å². The van der Waals surface area contributed by atoms with Crippen LogP contribution in [0, 0.1) is 10.1 Å². The highest BCUT2D eigenvalue weighted by molar-refractivity contribution is 8.18. The van der Waals surface area contributed by atoms with Crippen LogP contribution in [0.5, 0.6) is 11.5 Å². The molecule has 0 atom stereocenters. The summed E-state index contributed by atoms with van der Waals surface area (Å²) in [7, 11) is 0. The Balaban J connectivity index is 1.90. The first-order chi connectivity index (χ1) is 13.0. The number of nitrogens with zero attached hydrogens (tertiary/aromatic N) is 3. The summed E-state index contributed by atoms with van der Waals surface area (Å²) in [4.78, 5) is 31.7. The van der Waals surface area contributed by atoms with Crippen molar-refractivity contribution < 1.29 is 19.9 Å². The van der Waals surface area contributed by atoms with Gasteiger partial charge in [-0.1, -0.05) is 20.8 Å². The van der Waals surface area contributed by atoms with Gasteiger partial charge in [-0.15, -0.1) is 0 Å². The molecule has 0 saturated carbocycles. The molecule has 1 aromatic heterocycles. The van der Waals surface area contributed by atoms with E-state index in [4.69, 9.17) is 0 Å². The van der Waals surface area contributed by atoms with Crippen LogP contribution in [-0.2, 0) is 10.2 Å². The molecule has 1 aromatic carbocycles. The molecule has 9 nitrogen and oxygen atoms in total. The summed E-state index contributed by atoms with van der Waals surface area (Å²) >= 11 is 1.87. The molecule has 146 valence electrons. The average molecular weight is 420 g/mol. The number of amides is 1. The van der Waals surface area contributed by atoms with Gasteiger partial charge in [0, 0.05) is 17.0 Å². The number of hydrogen-bond donors (Lipinski definition) is 3. The molecule has 3 rings (SSSR count). The van der Waals surface area contributed by atoms with Crippen LogP contribution in [-0.4, -0.2) is 31.2 Å². The largest absolute Gasteiger partial charge is 0.508 e. The average Bonchev–Trinajstić information content (AvgIpc) is 3.14. The fourth-order valence-corrected chi connectivity index (χ4v) is 4.17. The molecule has 0 spiro atoms. The summed E-state index contributed by atoms with van der Waals surface area (Å²) in [5.41, 5.74) is 0.169. The zero-order chi connectivity index (χ0) is 20.6. The van der Waals surface area contributed by atoms with E-state index in [1.165, 1.54) is 24.3 Å². The number of benzene rings is 1. The number of thioether (sulfide) groups is 1. The molecule has 1 aliphatic heterocycles. The van der Waals surface area contributed by atoms with Gasteiger partial charge in [0.2, 0.25) is 5.13 Å². The van der Waals surface area contributed by atoms with E-state index in [-0.39, 0.29) is 31.7 Å². The first kappa shape index (κ1) is 19.8. The Bertz CT molecular complexity index is 1040. The van der Waals surface area contributed by atoms with Crippen molar-refractivity contribution in [3.05, 3.63) is 44.5 Å². The predicted molar refractivity (Wildman–Crippen MR) is 108 cm³/mol. The number of carbonyl (C=O) groups is 1. The topological polar surface area (TPSA) is 138 Å². The lowest BCUT2D eigenvalue weighted by Gasteiger charge is -2.13. The second-order valence-corrected chi connectivity index (χ2v) is 8.87. The van der Waals surface area contributed by atoms with E-state index in [0.29, 0.717) is 11.3 Å². The summed E-state index contributed by atoms with van der Waals surface area (Å²) in [5, 5.41) is 33.4. The van der Waals surface area contributed by atoms with E-state index < -0.39 is 16.2 Å². The summed E-state index contributed by atoms with van der Waals surface area (Å²) in [6.45, 7) is 5.47. The number of nitrogens with one attached hydrogen (secondary N) is 1. The van der Waals surface area contributed by atoms with Crippen molar-refractivity contribution in [1.82, 2.24) is 10.3 Å². The van der Waals surface area contributed by atoms with Crippen molar-refractivity contribution in [3.63, 3.8) is 0 Å². The summed E-state index contributed by atoms with van der Waals surface area (Å²) in [5.74, 6) is -0.680. The maximum Gasteiger partial charge on any atom is 0.349 e. The first-order valence-corrected chi connectivity index (χ1v) is 9.65. The fourth-order valence-electron chi connectivity index (χ4n) is 2.32. The Hall–Kier alpha value is -2.92. The number of aromatic hydroxyl groups is 2. The molecular formula is C17H16N4O5S2. The van der Waals surface area contributed by atoms with Crippen LogP contribution >= 0.6 is 23.1 Å². The second kappa shape index (κ2) is 7.24.